The van der Waals surface area contributed by atoms with Crippen molar-refractivity contribution in [2.24, 2.45) is 0 Å². The molecule has 0 saturated heterocycles. The van der Waals surface area contributed by atoms with Crippen LogP contribution in [-0.4, -0.2) is 12.6 Å². The van der Waals surface area contributed by atoms with Gasteiger partial charge in [0.25, 0.3) is 0 Å². The Morgan fingerprint density at radius 2 is 2.16 bits per heavy atom. The van der Waals surface area contributed by atoms with Gasteiger partial charge in [-0.05, 0) is 37.3 Å². The molecule has 0 bridgehead atoms. The van der Waals surface area contributed by atoms with E-state index in [0.29, 0.717) is 6.10 Å². The molecule has 0 aliphatic heterocycles. The Balaban J connectivity index is 1.83. The van der Waals surface area contributed by atoms with Crippen LogP contribution >= 0.6 is 11.3 Å². The van der Waals surface area contributed by atoms with E-state index >= 15 is 0 Å². The average molecular weight is 275 g/mol. The zero-order chi connectivity index (χ0) is 13.1. The fourth-order valence-corrected chi connectivity index (χ4v) is 3.61. The van der Waals surface area contributed by atoms with Crippen LogP contribution in [0.2, 0.25) is 0 Å². The van der Waals surface area contributed by atoms with Crippen molar-refractivity contribution in [2.45, 2.75) is 45.4 Å². The minimum atomic E-state index is 0.505. The van der Waals surface area contributed by atoms with Crippen molar-refractivity contribution in [3.63, 3.8) is 0 Å². The Morgan fingerprint density at radius 1 is 1.32 bits per heavy atom. The lowest BCUT2D eigenvalue weighted by molar-refractivity contribution is -0.00832. The normalized spacial score (nSPS) is 15.8. The van der Waals surface area contributed by atoms with Crippen molar-refractivity contribution in [1.29, 1.82) is 0 Å². The predicted molar refractivity (Wildman–Crippen MR) is 81.6 cm³/mol. The molecule has 0 atom stereocenters. The van der Waals surface area contributed by atoms with Crippen LogP contribution in [0.15, 0.2) is 24.3 Å². The molecular formula is C16H21NOS. The monoisotopic (exact) mass is 275 g/mol. The fraction of sp³-hybridized carbons (Fsp3) is 0.500. The first kappa shape index (κ1) is 13.1. The summed E-state index contributed by atoms with van der Waals surface area (Å²) in [6.45, 7) is 4.89. The molecule has 2 aromatic rings. The summed E-state index contributed by atoms with van der Waals surface area (Å²) in [6, 6.07) is 8.67. The van der Waals surface area contributed by atoms with E-state index in [4.69, 9.17) is 4.74 Å². The Bertz CT molecular complexity index is 545. The van der Waals surface area contributed by atoms with Gasteiger partial charge < -0.3 is 10.1 Å². The van der Waals surface area contributed by atoms with Crippen molar-refractivity contribution >= 4 is 21.4 Å². The number of thiophene rings is 1. The zero-order valence-electron chi connectivity index (χ0n) is 11.4. The Labute approximate surface area is 118 Å². The molecule has 19 heavy (non-hydrogen) atoms. The van der Waals surface area contributed by atoms with Crippen molar-refractivity contribution < 1.29 is 4.74 Å². The molecule has 3 heteroatoms. The third-order valence-corrected chi connectivity index (χ3v) is 5.05. The molecule has 0 amide bonds. The van der Waals surface area contributed by atoms with Crippen LogP contribution in [0.1, 0.15) is 36.6 Å². The van der Waals surface area contributed by atoms with Crippen LogP contribution in [0.25, 0.3) is 10.1 Å². The molecule has 1 aliphatic carbocycles. The van der Waals surface area contributed by atoms with Crippen LogP contribution in [0.3, 0.4) is 0 Å². The third kappa shape index (κ3) is 2.83. The maximum absolute atomic E-state index is 6.03. The van der Waals surface area contributed by atoms with E-state index < -0.39 is 0 Å². The molecule has 3 rings (SSSR count). The van der Waals surface area contributed by atoms with Gasteiger partial charge in [0.1, 0.15) is 0 Å². The zero-order valence-corrected chi connectivity index (χ0v) is 12.3. The molecule has 1 fully saturated rings. The fourth-order valence-electron chi connectivity index (χ4n) is 2.43. The lowest BCUT2D eigenvalue weighted by Gasteiger charge is -2.25. The minimum Gasteiger partial charge on any atom is -0.373 e. The second-order valence-electron chi connectivity index (χ2n) is 5.14. The highest BCUT2D eigenvalue weighted by molar-refractivity contribution is 7.19. The standard InChI is InChI=1S/C16H21NOS/c1-2-17-10-16-14(11-18-12-6-5-7-12)13-8-3-4-9-15(13)19-16/h3-4,8-9,12,17H,2,5-7,10-11H2,1H3. The van der Waals surface area contributed by atoms with Crippen LogP contribution in [0.4, 0.5) is 0 Å². The van der Waals surface area contributed by atoms with Gasteiger partial charge >= 0.3 is 0 Å². The lowest BCUT2D eigenvalue weighted by atomic mass is 9.96. The average Bonchev–Trinajstić information content (AvgIpc) is 2.73. The summed E-state index contributed by atoms with van der Waals surface area (Å²) >= 11 is 1.90. The quantitative estimate of drug-likeness (QED) is 0.857. The maximum Gasteiger partial charge on any atom is 0.0738 e. The summed E-state index contributed by atoms with van der Waals surface area (Å²) in [7, 11) is 0. The molecular weight excluding hydrogens is 254 g/mol. The van der Waals surface area contributed by atoms with Crippen LogP contribution in [0, 0.1) is 0 Å². The van der Waals surface area contributed by atoms with Crippen LogP contribution in [0.5, 0.6) is 0 Å². The summed E-state index contributed by atoms with van der Waals surface area (Å²) in [6.07, 6.45) is 4.32. The van der Waals surface area contributed by atoms with Gasteiger partial charge in [0.15, 0.2) is 0 Å². The Kier molecular flexibility index (Phi) is 4.16. The van der Waals surface area contributed by atoms with E-state index in [1.165, 1.54) is 39.8 Å². The van der Waals surface area contributed by atoms with Crippen molar-refractivity contribution in [3.8, 4) is 0 Å². The molecule has 1 aromatic heterocycles. The lowest BCUT2D eigenvalue weighted by Crippen LogP contribution is -2.21. The molecule has 1 aliphatic rings. The summed E-state index contributed by atoms with van der Waals surface area (Å²) in [5, 5.41) is 4.81. The number of hydrogen-bond acceptors (Lipinski definition) is 3. The Morgan fingerprint density at radius 3 is 2.89 bits per heavy atom. The highest BCUT2D eigenvalue weighted by Gasteiger charge is 2.19. The van der Waals surface area contributed by atoms with Gasteiger partial charge in [0.05, 0.1) is 12.7 Å². The summed E-state index contributed by atoms with van der Waals surface area (Å²) in [4.78, 5) is 1.43. The predicted octanol–water partition coefficient (Wildman–Crippen LogP) is 4.08. The van der Waals surface area contributed by atoms with Crippen LogP contribution < -0.4 is 5.32 Å². The van der Waals surface area contributed by atoms with E-state index in [0.717, 1.165) is 19.7 Å². The summed E-state index contributed by atoms with van der Waals surface area (Å²) < 4.78 is 7.41. The molecule has 0 unspecified atom stereocenters. The molecule has 0 radical (unpaired) electrons. The number of rotatable bonds is 6. The minimum absolute atomic E-state index is 0.505. The highest BCUT2D eigenvalue weighted by Crippen LogP contribution is 2.33. The summed E-state index contributed by atoms with van der Waals surface area (Å²) in [5.41, 5.74) is 1.40. The first-order chi connectivity index (χ1) is 9.38. The first-order valence-corrected chi connectivity index (χ1v) is 8.01. The summed E-state index contributed by atoms with van der Waals surface area (Å²) in [5.74, 6) is 0. The maximum atomic E-state index is 6.03. The van der Waals surface area contributed by atoms with Gasteiger partial charge in [0.2, 0.25) is 0 Å². The molecule has 1 heterocycles. The van der Waals surface area contributed by atoms with E-state index in [9.17, 15) is 0 Å². The number of hydrogen-bond donors (Lipinski definition) is 1. The molecule has 0 spiro atoms. The molecule has 2 nitrogen and oxygen atoms in total. The van der Waals surface area contributed by atoms with E-state index in [-0.39, 0.29) is 0 Å². The highest BCUT2D eigenvalue weighted by atomic mass is 32.1. The number of nitrogens with one attached hydrogen (secondary N) is 1. The Hall–Kier alpha value is -0.900. The van der Waals surface area contributed by atoms with Crippen LogP contribution in [-0.2, 0) is 17.9 Å². The van der Waals surface area contributed by atoms with Crippen molar-refractivity contribution in [3.05, 3.63) is 34.7 Å². The van der Waals surface area contributed by atoms with E-state index in [1.807, 2.05) is 11.3 Å². The first-order valence-electron chi connectivity index (χ1n) is 7.20. The number of ether oxygens (including phenoxy) is 1. The topological polar surface area (TPSA) is 21.3 Å². The van der Waals surface area contributed by atoms with Gasteiger partial charge in [-0.25, -0.2) is 0 Å². The van der Waals surface area contributed by atoms with Crippen molar-refractivity contribution in [2.75, 3.05) is 6.54 Å². The van der Waals surface area contributed by atoms with Gasteiger partial charge in [0, 0.05) is 21.7 Å². The molecule has 1 saturated carbocycles. The van der Waals surface area contributed by atoms with E-state index in [1.54, 1.807) is 0 Å². The van der Waals surface area contributed by atoms with Crippen molar-refractivity contribution in [1.82, 2.24) is 5.32 Å². The molecule has 1 aromatic carbocycles. The van der Waals surface area contributed by atoms with Gasteiger partial charge in [-0.2, -0.15) is 0 Å². The van der Waals surface area contributed by atoms with Gasteiger partial charge in [-0.1, -0.05) is 25.1 Å². The number of benzene rings is 1. The SMILES string of the molecule is CCNCc1sc2ccccc2c1COC1CCC1. The number of fused-ring (bicyclic) bond motifs is 1. The third-order valence-electron chi connectivity index (χ3n) is 3.83. The van der Waals surface area contributed by atoms with Gasteiger partial charge in [-0.15, -0.1) is 11.3 Å². The second-order valence-corrected chi connectivity index (χ2v) is 6.28. The molecule has 102 valence electrons. The second kappa shape index (κ2) is 6.04. The smallest absolute Gasteiger partial charge is 0.0738 e. The largest absolute Gasteiger partial charge is 0.373 e. The molecule has 1 N–H and O–H groups in total. The van der Waals surface area contributed by atoms with E-state index in [2.05, 4.69) is 36.5 Å². The van der Waals surface area contributed by atoms with Gasteiger partial charge in [-0.3, -0.25) is 0 Å².